The first-order chi connectivity index (χ1) is 12.4. The number of hydrogen-bond donors (Lipinski definition) is 2. The number of primary amides is 1. The summed E-state index contributed by atoms with van der Waals surface area (Å²) in [7, 11) is 0. The molecular weight excluding hydrogens is 354 g/mol. The molecule has 2 aromatic rings. The third kappa shape index (κ3) is 4.17. The number of carbonyl (C=O) groups is 3. The first-order valence-corrected chi connectivity index (χ1v) is 8.96. The number of benzene rings is 1. The van der Waals surface area contributed by atoms with Crippen LogP contribution in [0.3, 0.4) is 0 Å². The van der Waals surface area contributed by atoms with Gasteiger partial charge in [-0.25, -0.2) is 9.78 Å². The van der Waals surface area contributed by atoms with Gasteiger partial charge in [0.15, 0.2) is 5.13 Å². The van der Waals surface area contributed by atoms with Gasteiger partial charge in [-0.2, -0.15) is 0 Å². The van der Waals surface area contributed by atoms with Gasteiger partial charge in [0.05, 0.1) is 12.1 Å². The Labute approximate surface area is 154 Å². The molecule has 0 bridgehead atoms. The third-order valence-corrected chi connectivity index (χ3v) is 4.74. The van der Waals surface area contributed by atoms with Gasteiger partial charge in [-0.3, -0.25) is 14.5 Å². The predicted octanol–water partition coefficient (Wildman–Crippen LogP) is 1.36. The molecule has 0 spiro atoms. The lowest BCUT2D eigenvalue weighted by Gasteiger charge is -2.18. The summed E-state index contributed by atoms with van der Waals surface area (Å²) in [5, 5.41) is 4.70. The van der Waals surface area contributed by atoms with E-state index in [1.807, 2.05) is 31.2 Å². The van der Waals surface area contributed by atoms with Crippen molar-refractivity contribution in [3.8, 4) is 0 Å². The standard InChI is InChI=1S/C17H19N5O3S/c1-11-2-4-13(5-3-11)22-7-6-21(17(22)25)9-15(24)20-16-19-12(10-26-16)8-14(18)23/h2-5,10H,6-9H2,1H3,(H2,18,23)(H,19,20,24). The molecule has 1 saturated heterocycles. The topological polar surface area (TPSA) is 109 Å². The van der Waals surface area contributed by atoms with Crippen LogP contribution < -0.4 is 16.0 Å². The molecule has 1 aromatic carbocycles. The molecule has 3 rings (SSSR count). The Balaban J connectivity index is 1.56. The fraction of sp³-hybridized carbons (Fsp3) is 0.294. The number of rotatable bonds is 6. The molecule has 1 aromatic heterocycles. The molecule has 1 aliphatic heterocycles. The lowest BCUT2D eigenvalue weighted by molar-refractivity contribution is -0.117. The summed E-state index contributed by atoms with van der Waals surface area (Å²) in [6.07, 6.45) is 0.0302. The highest BCUT2D eigenvalue weighted by atomic mass is 32.1. The lowest BCUT2D eigenvalue weighted by Crippen LogP contribution is -2.37. The highest BCUT2D eigenvalue weighted by molar-refractivity contribution is 7.13. The van der Waals surface area contributed by atoms with Gasteiger partial charge < -0.3 is 16.0 Å². The molecule has 0 aliphatic carbocycles. The summed E-state index contributed by atoms with van der Waals surface area (Å²) >= 11 is 1.21. The number of hydrogen-bond acceptors (Lipinski definition) is 5. The number of nitrogens with one attached hydrogen (secondary N) is 1. The van der Waals surface area contributed by atoms with E-state index < -0.39 is 5.91 Å². The van der Waals surface area contributed by atoms with Crippen molar-refractivity contribution >= 4 is 40.0 Å². The van der Waals surface area contributed by atoms with E-state index in [1.54, 1.807) is 10.3 Å². The Morgan fingerprint density at radius 2 is 2.00 bits per heavy atom. The van der Waals surface area contributed by atoms with Crippen molar-refractivity contribution in [2.24, 2.45) is 5.73 Å². The predicted molar refractivity (Wildman–Crippen MR) is 99.1 cm³/mol. The van der Waals surface area contributed by atoms with Crippen LogP contribution in [0.5, 0.6) is 0 Å². The summed E-state index contributed by atoms with van der Waals surface area (Å²) in [6, 6.07) is 7.49. The van der Waals surface area contributed by atoms with E-state index in [-0.39, 0.29) is 24.9 Å². The first kappa shape index (κ1) is 17.9. The van der Waals surface area contributed by atoms with E-state index in [4.69, 9.17) is 5.73 Å². The molecular formula is C17H19N5O3S. The van der Waals surface area contributed by atoms with Crippen LogP contribution in [0.25, 0.3) is 0 Å². The Kier molecular flexibility index (Phi) is 5.17. The van der Waals surface area contributed by atoms with Crippen LogP contribution in [-0.2, 0) is 16.0 Å². The number of thiazole rings is 1. The molecule has 4 amide bonds. The van der Waals surface area contributed by atoms with Crippen molar-refractivity contribution in [1.29, 1.82) is 0 Å². The molecule has 1 aliphatic rings. The first-order valence-electron chi connectivity index (χ1n) is 8.08. The molecule has 9 heteroatoms. The van der Waals surface area contributed by atoms with E-state index in [0.717, 1.165) is 11.3 Å². The fourth-order valence-electron chi connectivity index (χ4n) is 2.65. The van der Waals surface area contributed by atoms with Crippen molar-refractivity contribution in [2.75, 3.05) is 29.9 Å². The summed E-state index contributed by atoms with van der Waals surface area (Å²) in [5.74, 6) is -0.809. The van der Waals surface area contributed by atoms with Crippen LogP contribution in [0, 0.1) is 6.92 Å². The number of nitrogens with two attached hydrogens (primary N) is 1. The summed E-state index contributed by atoms with van der Waals surface area (Å²) in [4.78, 5) is 42.9. The van der Waals surface area contributed by atoms with Crippen molar-refractivity contribution in [3.63, 3.8) is 0 Å². The van der Waals surface area contributed by atoms with Crippen molar-refractivity contribution in [2.45, 2.75) is 13.3 Å². The zero-order valence-electron chi connectivity index (χ0n) is 14.3. The zero-order chi connectivity index (χ0) is 18.7. The van der Waals surface area contributed by atoms with Gasteiger partial charge in [0.25, 0.3) is 0 Å². The van der Waals surface area contributed by atoms with E-state index in [0.29, 0.717) is 23.9 Å². The molecule has 2 heterocycles. The van der Waals surface area contributed by atoms with Gasteiger partial charge >= 0.3 is 6.03 Å². The van der Waals surface area contributed by atoms with Crippen LogP contribution in [0.15, 0.2) is 29.6 Å². The Bertz CT molecular complexity index is 833. The normalized spacial score (nSPS) is 14.0. The Hall–Kier alpha value is -2.94. The largest absolute Gasteiger partial charge is 0.369 e. The van der Waals surface area contributed by atoms with Crippen molar-refractivity contribution in [3.05, 3.63) is 40.9 Å². The molecule has 3 N–H and O–H groups in total. The van der Waals surface area contributed by atoms with Crippen LogP contribution in [-0.4, -0.2) is 47.4 Å². The average molecular weight is 373 g/mol. The number of aryl methyl sites for hydroxylation is 1. The minimum atomic E-state index is -0.480. The zero-order valence-corrected chi connectivity index (χ0v) is 15.1. The molecule has 0 atom stereocenters. The van der Waals surface area contributed by atoms with Gasteiger partial charge in [0.1, 0.15) is 6.54 Å². The molecule has 0 unspecified atom stereocenters. The SMILES string of the molecule is Cc1ccc(N2CCN(CC(=O)Nc3nc(CC(N)=O)cs3)C2=O)cc1. The van der Waals surface area contributed by atoms with Gasteiger partial charge in [-0.05, 0) is 19.1 Å². The highest BCUT2D eigenvalue weighted by Gasteiger charge is 2.30. The Morgan fingerprint density at radius 1 is 1.27 bits per heavy atom. The summed E-state index contributed by atoms with van der Waals surface area (Å²) in [6.45, 7) is 2.95. The minimum absolute atomic E-state index is 0.0302. The van der Waals surface area contributed by atoms with Gasteiger partial charge in [0.2, 0.25) is 11.8 Å². The van der Waals surface area contributed by atoms with Crippen LogP contribution in [0.4, 0.5) is 15.6 Å². The van der Waals surface area contributed by atoms with E-state index in [1.165, 1.54) is 16.2 Å². The van der Waals surface area contributed by atoms with E-state index >= 15 is 0 Å². The molecule has 0 radical (unpaired) electrons. The van der Waals surface area contributed by atoms with Gasteiger partial charge in [0, 0.05) is 24.2 Å². The molecule has 8 nitrogen and oxygen atoms in total. The molecule has 0 saturated carbocycles. The summed E-state index contributed by atoms with van der Waals surface area (Å²) in [5.41, 5.74) is 7.57. The number of urea groups is 1. The molecule has 136 valence electrons. The maximum atomic E-state index is 12.5. The quantitative estimate of drug-likeness (QED) is 0.797. The molecule has 1 fully saturated rings. The average Bonchev–Trinajstić information content (AvgIpc) is 3.15. The smallest absolute Gasteiger partial charge is 0.325 e. The maximum absolute atomic E-state index is 12.5. The monoisotopic (exact) mass is 373 g/mol. The second-order valence-electron chi connectivity index (χ2n) is 6.03. The van der Waals surface area contributed by atoms with E-state index in [9.17, 15) is 14.4 Å². The fourth-order valence-corrected chi connectivity index (χ4v) is 3.38. The van der Waals surface area contributed by atoms with Crippen LogP contribution in [0.1, 0.15) is 11.3 Å². The number of amides is 4. The number of anilines is 2. The Morgan fingerprint density at radius 3 is 2.69 bits per heavy atom. The minimum Gasteiger partial charge on any atom is -0.369 e. The summed E-state index contributed by atoms with van der Waals surface area (Å²) < 4.78 is 0. The molecule has 26 heavy (non-hydrogen) atoms. The van der Waals surface area contributed by atoms with E-state index in [2.05, 4.69) is 10.3 Å². The van der Waals surface area contributed by atoms with Gasteiger partial charge in [-0.1, -0.05) is 17.7 Å². The van der Waals surface area contributed by atoms with Crippen LogP contribution in [0.2, 0.25) is 0 Å². The van der Waals surface area contributed by atoms with Gasteiger partial charge in [-0.15, -0.1) is 11.3 Å². The van der Waals surface area contributed by atoms with Crippen molar-refractivity contribution < 1.29 is 14.4 Å². The third-order valence-electron chi connectivity index (χ3n) is 3.93. The van der Waals surface area contributed by atoms with Crippen LogP contribution >= 0.6 is 11.3 Å². The lowest BCUT2D eigenvalue weighted by atomic mass is 10.2. The maximum Gasteiger partial charge on any atom is 0.325 e. The second-order valence-corrected chi connectivity index (χ2v) is 6.88. The highest BCUT2D eigenvalue weighted by Crippen LogP contribution is 2.21. The number of nitrogens with zero attached hydrogens (tertiary/aromatic N) is 3. The number of carbonyl (C=O) groups excluding carboxylic acids is 3. The number of aromatic nitrogens is 1. The second kappa shape index (κ2) is 7.52. The van der Waals surface area contributed by atoms with Crippen molar-refractivity contribution in [1.82, 2.24) is 9.88 Å².